The first kappa shape index (κ1) is 13.2. The number of carbonyl (C=O) groups is 1. The van der Waals surface area contributed by atoms with Gasteiger partial charge in [0.1, 0.15) is 17.2 Å². The molecule has 0 bridgehead atoms. The quantitative estimate of drug-likeness (QED) is 0.809. The zero-order valence-electron chi connectivity index (χ0n) is 12.3. The van der Waals surface area contributed by atoms with Gasteiger partial charge < -0.3 is 14.2 Å². The van der Waals surface area contributed by atoms with Crippen LogP contribution < -0.4 is 14.2 Å². The second-order valence-corrected chi connectivity index (χ2v) is 5.68. The van der Waals surface area contributed by atoms with Crippen LogP contribution in [0.25, 0.3) is 0 Å². The summed E-state index contributed by atoms with van der Waals surface area (Å²) in [5, 5.41) is 0. The van der Waals surface area contributed by atoms with E-state index in [0.29, 0.717) is 23.5 Å². The Balaban J connectivity index is 1.72. The van der Waals surface area contributed by atoms with E-state index in [-0.39, 0.29) is 12.2 Å². The lowest BCUT2D eigenvalue weighted by molar-refractivity contribution is -0.129. The summed E-state index contributed by atoms with van der Waals surface area (Å²) in [5.41, 5.74) is 1.74. The molecule has 2 aromatic rings. The number of fused-ring (bicyclic) bond motifs is 2. The zero-order chi connectivity index (χ0) is 15.2. The van der Waals surface area contributed by atoms with Crippen molar-refractivity contribution in [2.75, 3.05) is 7.11 Å². The molecule has 4 nitrogen and oxygen atoms in total. The highest BCUT2D eigenvalue weighted by Crippen LogP contribution is 2.42. The number of para-hydroxylation sites is 1. The molecule has 0 saturated heterocycles. The molecule has 1 spiro atoms. The molecule has 4 heteroatoms. The maximum Gasteiger partial charge on any atom is 0.258 e. The maximum absolute atomic E-state index is 12.5. The van der Waals surface area contributed by atoms with Gasteiger partial charge in [0, 0.05) is 12.5 Å². The van der Waals surface area contributed by atoms with Crippen LogP contribution in [0.5, 0.6) is 17.2 Å². The summed E-state index contributed by atoms with van der Waals surface area (Å²) in [6, 6.07) is 13.2. The fourth-order valence-corrected chi connectivity index (χ4v) is 3.10. The normalized spacial score (nSPS) is 22.3. The lowest BCUT2D eigenvalue weighted by atomic mass is 9.91. The average molecular weight is 296 g/mol. The van der Waals surface area contributed by atoms with Gasteiger partial charge in [0.25, 0.3) is 5.79 Å². The highest BCUT2D eigenvalue weighted by atomic mass is 16.7. The zero-order valence-corrected chi connectivity index (χ0v) is 12.3. The predicted octanol–water partition coefficient (Wildman–Crippen LogP) is 3.38. The Morgan fingerprint density at radius 2 is 1.91 bits per heavy atom. The molecule has 112 valence electrons. The van der Waals surface area contributed by atoms with Crippen molar-refractivity contribution in [1.29, 1.82) is 0 Å². The highest BCUT2D eigenvalue weighted by molar-refractivity contribution is 6.00. The van der Waals surface area contributed by atoms with E-state index in [2.05, 4.69) is 0 Å². The van der Waals surface area contributed by atoms with Crippen LogP contribution in [-0.4, -0.2) is 18.7 Å². The van der Waals surface area contributed by atoms with Gasteiger partial charge in [-0.2, -0.15) is 0 Å². The lowest BCUT2D eigenvalue weighted by Crippen LogP contribution is -2.49. The Kier molecular flexibility index (Phi) is 2.86. The number of rotatable bonds is 1. The van der Waals surface area contributed by atoms with Crippen molar-refractivity contribution < 1.29 is 19.0 Å². The van der Waals surface area contributed by atoms with Gasteiger partial charge in [-0.1, -0.05) is 18.2 Å². The number of ether oxygens (including phenoxy) is 3. The van der Waals surface area contributed by atoms with Gasteiger partial charge in [0.15, 0.2) is 5.78 Å². The minimum absolute atomic E-state index is 0.0447. The molecular formula is C18H16O4. The molecule has 0 saturated carbocycles. The molecule has 2 aliphatic rings. The maximum atomic E-state index is 12.5. The molecule has 0 N–H and O–H groups in total. The summed E-state index contributed by atoms with van der Waals surface area (Å²) >= 11 is 0. The standard InChI is InChI=1S/C18H16O4/c1-20-13-6-7-14-15(19)11-18(22-17(14)10-13)9-8-12-4-2-3-5-16(12)21-18/h2-7,10H,8-9,11H2,1H3. The molecule has 2 aliphatic heterocycles. The molecule has 0 fully saturated rings. The topological polar surface area (TPSA) is 44.8 Å². The SMILES string of the molecule is COc1ccc2c(c1)OC1(CCc3ccccc3O1)CC2=O. The number of hydrogen-bond acceptors (Lipinski definition) is 4. The van der Waals surface area contributed by atoms with Gasteiger partial charge in [-0.25, -0.2) is 0 Å². The van der Waals surface area contributed by atoms with Crippen LogP contribution in [0.2, 0.25) is 0 Å². The van der Waals surface area contributed by atoms with Crippen molar-refractivity contribution in [1.82, 2.24) is 0 Å². The predicted molar refractivity (Wildman–Crippen MR) is 80.7 cm³/mol. The van der Waals surface area contributed by atoms with Gasteiger partial charge in [-0.05, 0) is 30.2 Å². The van der Waals surface area contributed by atoms with Crippen LogP contribution in [-0.2, 0) is 6.42 Å². The van der Waals surface area contributed by atoms with Gasteiger partial charge in [0.05, 0.1) is 19.1 Å². The van der Waals surface area contributed by atoms with Crippen LogP contribution in [0.3, 0.4) is 0 Å². The number of ketones is 1. The Bertz CT molecular complexity index is 753. The third-order valence-electron chi connectivity index (χ3n) is 4.26. The van der Waals surface area contributed by atoms with Crippen molar-refractivity contribution >= 4 is 5.78 Å². The second kappa shape index (κ2) is 4.77. The number of benzene rings is 2. The molecular weight excluding hydrogens is 280 g/mol. The molecule has 4 rings (SSSR count). The molecule has 22 heavy (non-hydrogen) atoms. The van der Waals surface area contributed by atoms with Crippen LogP contribution in [0.15, 0.2) is 42.5 Å². The minimum atomic E-state index is -0.898. The van der Waals surface area contributed by atoms with Gasteiger partial charge >= 0.3 is 0 Å². The summed E-state index contributed by atoms with van der Waals surface area (Å²) in [6.45, 7) is 0. The fourth-order valence-electron chi connectivity index (χ4n) is 3.10. The summed E-state index contributed by atoms with van der Waals surface area (Å²) in [4.78, 5) is 12.5. The molecule has 0 amide bonds. The van der Waals surface area contributed by atoms with Crippen molar-refractivity contribution in [2.24, 2.45) is 0 Å². The summed E-state index contributed by atoms with van der Waals surface area (Å²) in [7, 11) is 1.59. The molecule has 1 atom stereocenters. The number of Topliss-reactive ketones (excluding diaryl/α,β-unsaturated/α-hetero) is 1. The third-order valence-corrected chi connectivity index (χ3v) is 4.26. The molecule has 0 aromatic heterocycles. The second-order valence-electron chi connectivity index (χ2n) is 5.68. The summed E-state index contributed by atoms with van der Waals surface area (Å²) in [6.07, 6.45) is 1.73. The summed E-state index contributed by atoms with van der Waals surface area (Å²) in [5.74, 6) is 1.15. The van der Waals surface area contributed by atoms with Crippen molar-refractivity contribution in [3.63, 3.8) is 0 Å². The molecule has 0 radical (unpaired) electrons. The van der Waals surface area contributed by atoms with Gasteiger partial charge in [0.2, 0.25) is 0 Å². The number of aryl methyl sites for hydroxylation is 1. The lowest BCUT2D eigenvalue weighted by Gasteiger charge is -2.41. The van der Waals surface area contributed by atoms with Crippen molar-refractivity contribution in [3.8, 4) is 17.2 Å². The van der Waals surface area contributed by atoms with E-state index in [4.69, 9.17) is 14.2 Å². The third kappa shape index (κ3) is 2.03. The first-order chi connectivity index (χ1) is 10.7. The molecule has 1 unspecified atom stereocenters. The highest BCUT2D eigenvalue weighted by Gasteiger charge is 2.45. The minimum Gasteiger partial charge on any atom is -0.497 e. The molecule has 2 aromatic carbocycles. The Labute approximate surface area is 128 Å². The van der Waals surface area contributed by atoms with Crippen LogP contribution in [0.4, 0.5) is 0 Å². The van der Waals surface area contributed by atoms with E-state index in [1.54, 1.807) is 25.3 Å². The Morgan fingerprint density at radius 3 is 2.77 bits per heavy atom. The fraction of sp³-hybridized carbons (Fsp3) is 0.278. The van der Waals surface area contributed by atoms with E-state index in [1.165, 1.54) is 0 Å². The number of methoxy groups -OCH3 is 1. The van der Waals surface area contributed by atoms with Crippen LogP contribution in [0, 0.1) is 0 Å². The van der Waals surface area contributed by atoms with E-state index in [9.17, 15) is 4.79 Å². The van der Waals surface area contributed by atoms with Crippen LogP contribution >= 0.6 is 0 Å². The summed E-state index contributed by atoms with van der Waals surface area (Å²) < 4.78 is 17.4. The van der Waals surface area contributed by atoms with Crippen molar-refractivity contribution in [2.45, 2.75) is 25.0 Å². The molecule has 2 heterocycles. The molecule has 0 aliphatic carbocycles. The van der Waals surface area contributed by atoms with E-state index in [0.717, 1.165) is 17.7 Å². The first-order valence-corrected chi connectivity index (χ1v) is 7.36. The first-order valence-electron chi connectivity index (χ1n) is 7.36. The average Bonchev–Trinajstić information content (AvgIpc) is 2.54. The number of carbonyl (C=O) groups excluding carboxylic acids is 1. The van der Waals surface area contributed by atoms with Gasteiger partial charge in [-0.15, -0.1) is 0 Å². The smallest absolute Gasteiger partial charge is 0.258 e. The Hall–Kier alpha value is -2.49. The monoisotopic (exact) mass is 296 g/mol. The van der Waals surface area contributed by atoms with Crippen molar-refractivity contribution in [3.05, 3.63) is 53.6 Å². The number of hydrogen-bond donors (Lipinski definition) is 0. The van der Waals surface area contributed by atoms with E-state index in [1.807, 2.05) is 24.3 Å². The van der Waals surface area contributed by atoms with E-state index < -0.39 is 5.79 Å². The van der Waals surface area contributed by atoms with Crippen LogP contribution in [0.1, 0.15) is 28.8 Å². The largest absolute Gasteiger partial charge is 0.497 e. The van der Waals surface area contributed by atoms with Gasteiger partial charge in [-0.3, -0.25) is 4.79 Å². The Morgan fingerprint density at radius 1 is 1.09 bits per heavy atom. The van der Waals surface area contributed by atoms with E-state index >= 15 is 0 Å².